The zero-order valence-electron chi connectivity index (χ0n) is 13.2. The summed E-state index contributed by atoms with van der Waals surface area (Å²) in [4.78, 5) is 12.4. The molecule has 4 heteroatoms. The number of aliphatic hydroxyl groups is 1. The molecule has 1 fully saturated rings. The van der Waals surface area contributed by atoms with E-state index in [2.05, 4.69) is 35.8 Å². The van der Waals surface area contributed by atoms with E-state index in [0.29, 0.717) is 5.92 Å². The van der Waals surface area contributed by atoms with Crippen LogP contribution in [0.4, 0.5) is 4.79 Å². The number of urea groups is 1. The molecule has 22 heavy (non-hydrogen) atoms. The van der Waals surface area contributed by atoms with Gasteiger partial charge in [-0.05, 0) is 36.3 Å². The first-order valence-corrected chi connectivity index (χ1v) is 8.44. The van der Waals surface area contributed by atoms with Gasteiger partial charge in [-0.3, -0.25) is 0 Å². The highest BCUT2D eigenvalue weighted by Crippen LogP contribution is 2.35. The Morgan fingerprint density at radius 2 is 2.00 bits per heavy atom. The van der Waals surface area contributed by atoms with E-state index in [4.69, 9.17) is 0 Å². The normalized spacial score (nSPS) is 30.6. The quantitative estimate of drug-likeness (QED) is 0.804. The van der Waals surface area contributed by atoms with Crippen molar-refractivity contribution in [3.05, 3.63) is 35.4 Å². The molecule has 0 saturated heterocycles. The molecule has 0 aromatic heterocycles. The highest BCUT2D eigenvalue weighted by atomic mass is 16.3. The van der Waals surface area contributed by atoms with E-state index in [1.165, 1.54) is 11.1 Å². The second kappa shape index (κ2) is 6.69. The second-order valence-corrected chi connectivity index (χ2v) is 6.81. The highest BCUT2D eigenvalue weighted by Gasteiger charge is 2.31. The topological polar surface area (TPSA) is 61.4 Å². The molecule has 0 heterocycles. The van der Waals surface area contributed by atoms with Crippen molar-refractivity contribution in [2.75, 3.05) is 6.61 Å². The number of benzene rings is 1. The van der Waals surface area contributed by atoms with Crippen LogP contribution in [0.1, 0.15) is 49.8 Å². The van der Waals surface area contributed by atoms with Crippen LogP contribution in [-0.2, 0) is 6.42 Å². The Morgan fingerprint density at radius 3 is 2.82 bits per heavy atom. The van der Waals surface area contributed by atoms with Crippen LogP contribution < -0.4 is 10.6 Å². The van der Waals surface area contributed by atoms with E-state index in [9.17, 15) is 9.90 Å². The Hall–Kier alpha value is -1.55. The predicted molar refractivity (Wildman–Crippen MR) is 86.6 cm³/mol. The van der Waals surface area contributed by atoms with Crippen LogP contribution in [0.25, 0.3) is 0 Å². The van der Waals surface area contributed by atoms with E-state index in [-0.39, 0.29) is 30.6 Å². The summed E-state index contributed by atoms with van der Waals surface area (Å²) >= 11 is 0. The standard InChI is InChI=1S/C18H26N2O2/c1-12-10-13-6-2-4-8-15(13)17(12)20-18(22)19-16-9-5-3-7-14(16)11-21/h2,4,6,8,12,14,16-17,21H,3,5,7,9-11H2,1H3,(H2,19,20,22). The average molecular weight is 302 g/mol. The lowest BCUT2D eigenvalue weighted by Gasteiger charge is -2.31. The molecule has 1 saturated carbocycles. The minimum absolute atomic E-state index is 0.0902. The van der Waals surface area contributed by atoms with Gasteiger partial charge in [0.05, 0.1) is 6.04 Å². The third-order valence-electron chi connectivity index (χ3n) is 5.25. The first-order chi connectivity index (χ1) is 10.7. The lowest BCUT2D eigenvalue weighted by atomic mass is 9.85. The van der Waals surface area contributed by atoms with Crippen molar-refractivity contribution in [1.29, 1.82) is 0 Å². The smallest absolute Gasteiger partial charge is 0.315 e. The number of carbonyl (C=O) groups is 1. The Bertz CT molecular complexity index is 532. The third kappa shape index (κ3) is 3.12. The summed E-state index contributed by atoms with van der Waals surface area (Å²) in [6.45, 7) is 2.34. The number of rotatable bonds is 3. The largest absolute Gasteiger partial charge is 0.396 e. The Kier molecular flexibility index (Phi) is 4.67. The van der Waals surface area contributed by atoms with Crippen molar-refractivity contribution in [2.45, 2.75) is 51.1 Å². The summed E-state index contributed by atoms with van der Waals surface area (Å²) in [6.07, 6.45) is 5.27. The van der Waals surface area contributed by atoms with Crippen molar-refractivity contribution in [1.82, 2.24) is 10.6 Å². The van der Waals surface area contributed by atoms with Crippen LogP contribution in [0.15, 0.2) is 24.3 Å². The minimum atomic E-state index is -0.0982. The minimum Gasteiger partial charge on any atom is -0.396 e. The van der Waals surface area contributed by atoms with Crippen molar-refractivity contribution < 1.29 is 9.90 Å². The molecule has 2 amide bonds. The number of hydrogen-bond donors (Lipinski definition) is 3. The number of nitrogens with one attached hydrogen (secondary N) is 2. The summed E-state index contributed by atoms with van der Waals surface area (Å²) in [5.74, 6) is 0.621. The van der Waals surface area contributed by atoms with Crippen molar-refractivity contribution in [3.63, 3.8) is 0 Å². The summed E-state index contributed by atoms with van der Waals surface area (Å²) in [7, 11) is 0. The first-order valence-electron chi connectivity index (χ1n) is 8.44. The van der Waals surface area contributed by atoms with Gasteiger partial charge >= 0.3 is 6.03 Å². The van der Waals surface area contributed by atoms with Gasteiger partial charge in [0.15, 0.2) is 0 Å². The lowest BCUT2D eigenvalue weighted by Crippen LogP contribution is -2.48. The zero-order valence-corrected chi connectivity index (χ0v) is 13.2. The third-order valence-corrected chi connectivity index (χ3v) is 5.25. The molecule has 4 unspecified atom stereocenters. The van der Waals surface area contributed by atoms with Crippen molar-refractivity contribution >= 4 is 6.03 Å². The highest BCUT2D eigenvalue weighted by molar-refractivity contribution is 5.75. The van der Waals surface area contributed by atoms with Gasteiger partial charge in [0.2, 0.25) is 0 Å². The summed E-state index contributed by atoms with van der Waals surface area (Å²) < 4.78 is 0. The number of carbonyl (C=O) groups excluding carboxylic acids is 1. The van der Waals surface area contributed by atoms with Gasteiger partial charge in [-0.1, -0.05) is 44.0 Å². The molecule has 3 rings (SSSR count). The van der Waals surface area contributed by atoms with Crippen LogP contribution >= 0.6 is 0 Å². The molecule has 1 aromatic carbocycles. The molecule has 120 valence electrons. The molecule has 3 N–H and O–H groups in total. The molecule has 4 nitrogen and oxygen atoms in total. The van der Waals surface area contributed by atoms with E-state index >= 15 is 0 Å². The molecule has 2 aliphatic rings. The zero-order chi connectivity index (χ0) is 15.5. The van der Waals surface area contributed by atoms with Gasteiger partial charge in [0, 0.05) is 18.6 Å². The summed E-state index contributed by atoms with van der Waals surface area (Å²) in [5.41, 5.74) is 2.58. The van der Waals surface area contributed by atoms with Gasteiger partial charge in [-0.25, -0.2) is 4.79 Å². The van der Waals surface area contributed by atoms with Gasteiger partial charge < -0.3 is 15.7 Å². The molecule has 4 atom stereocenters. The number of hydrogen-bond acceptors (Lipinski definition) is 2. The van der Waals surface area contributed by atoms with E-state index in [1.54, 1.807) is 0 Å². The van der Waals surface area contributed by atoms with Gasteiger partial charge in [-0.15, -0.1) is 0 Å². The van der Waals surface area contributed by atoms with E-state index < -0.39 is 0 Å². The fraction of sp³-hybridized carbons (Fsp3) is 0.611. The first kappa shape index (κ1) is 15.3. The SMILES string of the molecule is CC1Cc2ccccc2C1NC(=O)NC1CCCCC1CO. The van der Waals surface area contributed by atoms with Crippen LogP contribution in [0.5, 0.6) is 0 Å². The van der Waals surface area contributed by atoms with Crippen LogP contribution in [0, 0.1) is 11.8 Å². The van der Waals surface area contributed by atoms with Gasteiger partial charge in [0.1, 0.15) is 0 Å². The van der Waals surface area contributed by atoms with Gasteiger partial charge in [0.25, 0.3) is 0 Å². The molecule has 0 aliphatic heterocycles. The van der Waals surface area contributed by atoms with E-state index in [0.717, 1.165) is 32.1 Å². The molecule has 1 aromatic rings. The van der Waals surface area contributed by atoms with Crippen molar-refractivity contribution in [3.8, 4) is 0 Å². The molecular weight excluding hydrogens is 276 g/mol. The van der Waals surface area contributed by atoms with Crippen LogP contribution in [0.2, 0.25) is 0 Å². The number of aliphatic hydroxyl groups excluding tert-OH is 1. The fourth-order valence-electron chi connectivity index (χ4n) is 3.98. The fourth-order valence-corrected chi connectivity index (χ4v) is 3.98. The average Bonchev–Trinajstić information content (AvgIpc) is 2.84. The monoisotopic (exact) mass is 302 g/mol. The molecule has 0 bridgehead atoms. The maximum atomic E-state index is 12.4. The number of amides is 2. The maximum absolute atomic E-state index is 12.4. The molecule has 0 spiro atoms. The molecule has 0 radical (unpaired) electrons. The van der Waals surface area contributed by atoms with Crippen LogP contribution in [0.3, 0.4) is 0 Å². The maximum Gasteiger partial charge on any atom is 0.315 e. The number of fused-ring (bicyclic) bond motifs is 1. The summed E-state index contributed by atoms with van der Waals surface area (Å²) in [5, 5.41) is 15.7. The Morgan fingerprint density at radius 1 is 1.23 bits per heavy atom. The Labute approximate surface area is 132 Å². The Balaban J connectivity index is 1.62. The predicted octanol–water partition coefficient (Wildman–Crippen LogP) is 2.77. The molecule has 2 aliphatic carbocycles. The summed E-state index contributed by atoms with van der Waals surface area (Å²) in [6, 6.07) is 8.45. The molecular formula is C18H26N2O2. The van der Waals surface area contributed by atoms with E-state index in [1.807, 2.05) is 6.07 Å². The van der Waals surface area contributed by atoms with Crippen LogP contribution in [-0.4, -0.2) is 23.8 Å². The van der Waals surface area contributed by atoms with Gasteiger partial charge in [-0.2, -0.15) is 0 Å². The lowest BCUT2D eigenvalue weighted by molar-refractivity contribution is 0.152. The van der Waals surface area contributed by atoms with Crippen molar-refractivity contribution in [2.24, 2.45) is 11.8 Å². The second-order valence-electron chi connectivity index (χ2n) is 6.81.